The Morgan fingerprint density at radius 1 is 1.47 bits per heavy atom. The van der Waals surface area contributed by atoms with Gasteiger partial charge < -0.3 is 5.73 Å². The lowest BCUT2D eigenvalue weighted by molar-refractivity contribution is 0.563. The average Bonchev–Trinajstić information content (AvgIpc) is 3.12. The standard InChI is InChI=1S/C12H14FN5S/c1-7(14)8-2-5-11(10(13)6-8)19-12-15-16-17-18(12)9-3-4-9/h2,5-7,9H,3-4,14H2,1H3/t7-/m1/s1. The van der Waals surface area contributed by atoms with Crippen LogP contribution in [0.4, 0.5) is 4.39 Å². The molecule has 5 nitrogen and oxygen atoms in total. The van der Waals surface area contributed by atoms with Crippen LogP contribution in [0.5, 0.6) is 0 Å². The van der Waals surface area contributed by atoms with Crippen LogP contribution in [0.3, 0.4) is 0 Å². The first kappa shape index (κ1) is 12.6. The van der Waals surface area contributed by atoms with Crippen LogP contribution in [0.25, 0.3) is 0 Å². The van der Waals surface area contributed by atoms with E-state index in [1.54, 1.807) is 10.7 Å². The summed E-state index contributed by atoms with van der Waals surface area (Å²) in [7, 11) is 0. The molecule has 0 amide bonds. The summed E-state index contributed by atoms with van der Waals surface area (Å²) in [6, 6.07) is 5.23. The average molecular weight is 279 g/mol. The minimum absolute atomic E-state index is 0.176. The Kier molecular flexibility index (Phi) is 3.24. The lowest BCUT2D eigenvalue weighted by atomic mass is 10.1. The number of halogens is 1. The van der Waals surface area contributed by atoms with Gasteiger partial charge in [-0.3, -0.25) is 0 Å². The number of benzene rings is 1. The van der Waals surface area contributed by atoms with E-state index < -0.39 is 0 Å². The molecule has 0 aliphatic heterocycles. The van der Waals surface area contributed by atoms with E-state index in [9.17, 15) is 4.39 Å². The van der Waals surface area contributed by atoms with E-state index in [0.29, 0.717) is 16.1 Å². The van der Waals surface area contributed by atoms with Gasteiger partial charge in [0, 0.05) is 6.04 Å². The SMILES string of the molecule is C[C@@H](N)c1ccc(Sc2nnnn2C2CC2)c(F)c1. The summed E-state index contributed by atoms with van der Waals surface area (Å²) >= 11 is 1.25. The van der Waals surface area contributed by atoms with Crippen LogP contribution in [0.15, 0.2) is 28.3 Å². The van der Waals surface area contributed by atoms with E-state index in [1.807, 2.05) is 13.0 Å². The molecule has 1 heterocycles. The van der Waals surface area contributed by atoms with Crippen molar-refractivity contribution < 1.29 is 4.39 Å². The number of nitrogens with two attached hydrogens (primary N) is 1. The zero-order chi connectivity index (χ0) is 13.4. The third-order valence-electron chi connectivity index (χ3n) is 3.04. The third kappa shape index (κ3) is 2.62. The number of tetrazole rings is 1. The smallest absolute Gasteiger partial charge is 0.214 e. The van der Waals surface area contributed by atoms with Crippen LogP contribution in [-0.4, -0.2) is 20.2 Å². The minimum atomic E-state index is -0.287. The summed E-state index contributed by atoms with van der Waals surface area (Å²) < 4.78 is 15.8. The maximum Gasteiger partial charge on any atom is 0.214 e. The topological polar surface area (TPSA) is 69.6 Å². The van der Waals surface area contributed by atoms with Gasteiger partial charge in [0.25, 0.3) is 0 Å². The van der Waals surface area contributed by atoms with Gasteiger partial charge in [-0.1, -0.05) is 6.07 Å². The normalized spacial score (nSPS) is 16.6. The second kappa shape index (κ2) is 4.90. The van der Waals surface area contributed by atoms with Gasteiger partial charge in [-0.15, -0.1) is 5.10 Å². The van der Waals surface area contributed by atoms with E-state index in [1.165, 1.54) is 17.8 Å². The molecule has 0 bridgehead atoms. The van der Waals surface area contributed by atoms with E-state index in [4.69, 9.17) is 5.73 Å². The van der Waals surface area contributed by atoms with E-state index in [-0.39, 0.29) is 11.9 Å². The van der Waals surface area contributed by atoms with Crippen molar-refractivity contribution in [2.24, 2.45) is 5.73 Å². The summed E-state index contributed by atoms with van der Waals surface area (Å²) in [4.78, 5) is 0.515. The Morgan fingerprint density at radius 2 is 2.26 bits per heavy atom. The molecule has 19 heavy (non-hydrogen) atoms. The summed E-state index contributed by atoms with van der Waals surface area (Å²) in [6.45, 7) is 1.83. The Balaban J connectivity index is 1.84. The van der Waals surface area contributed by atoms with Crippen molar-refractivity contribution in [2.75, 3.05) is 0 Å². The van der Waals surface area contributed by atoms with Gasteiger partial charge in [-0.05, 0) is 59.7 Å². The fourth-order valence-corrected chi connectivity index (χ4v) is 2.63. The fraction of sp³-hybridized carbons (Fsp3) is 0.417. The number of hydrogen-bond donors (Lipinski definition) is 1. The van der Waals surface area contributed by atoms with Crippen molar-refractivity contribution in [2.45, 2.75) is 41.9 Å². The summed E-state index contributed by atoms with van der Waals surface area (Å²) in [5, 5.41) is 12.2. The van der Waals surface area contributed by atoms with Gasteiger partial charge >= 0.3 is 0 Å². The molecule has 100 valence electrons. The van der Waals surface area contributed by atoms with Crippen LogP contribution < -0.4 is 5.73 Å². The van der Waals surface area contributed by atoms with Gasteiger partial charge in [-0.25, -0.2) is 9.07 Å². The molecule has 1 saturated carbocycles. The highest BCUT2D eigenvalue weighted by Crippen LogP contribution is 2.38. The Bertz CT molecular complexity index is 594. The molecule has 2 aromatic rings. The zero-order valence-corrected chi connectivity index (χ0v) is 11.3. The van der Waals surface area contributed by atoms with Crippen LogP contribution >= 0.6 is 11.8 Å². The molecule has 1 aliphatic rings. The van der Waals surface area contributed by atoms with Crippen molar-refractivity contribution in [1.82, 2.24) is 20.2 Å². The number of aromatic nitrogens is 4. The van der Waals surface area contributed by atoms with Crippen molar-refractivity contribution in [1.29, 1.82) is 0 Å². The highest BCUT2D eigenvalue weighted by atomic mass is 32.2. The number of rotatable bonds is 4. The van der Waals surface area contributed by atoms with Crippen molar-refractivity contribution in [3.8, 4) is 0 Å². The molecule has 0 radical (unpaired) electrons. The maximum absolute atomic E-state index is 14.0. The first-order valence-electron chi connectivity index (χ1n) is 6.16. The molecular formula is C12H14FN5S. The second-order valence-electron chi connectivity index (χ2n) is 4.72. The molecular weight excluding hydrogens is 265 g/mol. The molecule has 1 fully saturated rings. The largest absolute Gasteiger partial charge is 0.324 e. The first-order chi connectivity index (χ1) is 9.15. The van der Waals surface area contributed by atoms with E-state index in [2.05, 4.69) is 15.5 Å². The molecule has 1 atom stereocenters. The van der Waals surface area contributed by atoms with Gasteiger partial charge in [0.2, 0.25) is 5.16 Å². The monoisotopic (exact) mass is 279 g/mol. The Morgan fingerprint density at radius 3 is 2.89 bits per heavy atom. The van der Waals surface area contributed by atoms with Gasteiger partial charge in [0.05, 0.1) is 10.9 Å². The van der Waals surface area contributed by atoms with Gasteiger partial charge in [0.1, 0.15) is 5.82 Å². The predicted octanol–water partition coefficient (Wildman–Crippen LogP) is 2.32. The van der Waals surface area contributed by atoms with Crippen molar-refractivity contribution in [3.05, 3.63) is 29.6 Å². The van der Waals surface area contributed by atoms with Crippen LogP contribution in [0, 0.1) is 5.82 Å². The molecule has 1 aliphatic carbocycles. The minimum Gasteiger partial charge on any atom is -0.324 e. The second-order valence-corrected chi connectivity index (χ2v) is 5.73. The highest BCUT2D eigenvalue weighted by Gasteiger charge is 2.28. The van der Waals surface area contributed by atoms with Crippen LogP contribution in [0.2, 0.25) is 0 Å². The fourth-order valence-electron chi connectivity index (χ4n) is 1.78. The van der Waals surface area contributed by atoms with Crippen molar-refractivity contribution >= 4 is 11.8 Å². The van der Waals surface area contributed by atoms with Gasteiger partial charge in [0.15, 0.2) is 0 Å². The molecule has 0 spiro atoms. The number of nitrogens with zero attached hydrogens (tertiary/aromatic N) is 4. The Hall–Kier alpha value is -1.47. The number of hydrogen-bond acceptors (Lipinski definition) is 5. The molecule has 0 saturated heterocycles. The zero-order valence-electron chi connectivity index (χ0n) is 10.5. The first-order valence-corrected chi connectivity index (χ1v) is 6.97. The predicted molar refractivity (Wildman–Crippen MR) is 69.2 cm³/mol. The third-order valence-corrected chi connectivity index (χ3v) is 4.04. The summed E-state index contributed by atoms with van der Waals surface area (Å²) in [5.41, 5.74) is 6.51. The molecule has 2 N–H and O–H groups in total. The molecule has 1 aromatic heterocycles. The molecule has 3 rings (SSSR count). The van der Waals surface area contributed by atoms with Gasteiger partial charge in [-0.2, -0.15) is 0 Å². The van der Waals surface area contributed by atoms with Crippen molar-refractivity contribution in [3.63, 3.8) is 0 Å². The maximum atomic E-state index is 14.0. The van der Waals surface area contributed by atoms with Crippen LogP contribution in [0.1, 0.15) is 37.4 Å². The lowest BCUT2D eigenvalue weighted by Gasteiger charge is -2.08. The molecule has 0 unspecified atom stereocenters. The molecule has 1 aromatic carbocycles. The van der Waals surface area contributed by atoms with E-state index in [0.717, 1.165) is 18.4 Å². The Labute approximate surface area is 114 Å². The molecule has 7 heteroatoms. The lowest BCUT2D eigenvalue weighted by Crippen LogP contribution is -2.05. The summed E-state index contributed by atoms with van der Waals surface area (Å²) in [5.74, 6) is -0.287. The van der Waals surface area contributed by atoms with E-state index >= 15 is 0 Å². The highest BCUT2D eigenvalue weighted by molar-refractivity contribution is 7.99. The summed E-state index contributed by atoms with van der Waals surface area (Å²) in [6.07, 6.45) is 2.18. The van der Waals surface area contributed by atoms with Crippen LogP contribution in [-0.2, 0) is 0 Å². The quantitative estimate of drug-likeness (QED) is 0.930.